The van der Waals surface area contributed by atoms with E-state index >= 15 is 0 Å². The van der Waals surface area contributed by atoms with Crippen molar-refractivity contribution >= 4 is 24.0 Å². The fourth-order valence-corrected chi connectivity index (χ4v) is 2.36. The number of ether oxygens (including phenoxy) is 2. The first-order valence-corrected chi connectivity index (χ1v) is 9.40. The van der Waals surface area contributed by atoms with Crippen LogP contribution in [0.15, 0.2) is 30.3 Å². The highest BCUT2D eigenvalue weighted by atomic mass is 19.1. The first kappa shape index (κ1) is 24.1. The monoisotopic (exact) mass is 408 g/mol. The Labute approximate surface area is 170 Å². The molecule has 0 aromatic heterocycles. The van der Waals surface area contributed by atoms with Crippen molar-refractivity contribution in [2.24, 2.45) is 0 Å². The second-order valence-corrected chi connectivity index (χ2v) is 7.36. The molecule has 8 heteroatoms. The van der Waals surface area contributed by atoms with Gasteiger partial charge < -0.3 is 20.1 Å². The third-order valence-corrected chi connectivity index (χ3v) is 3.71. The fraction of sp³-hybridized carbons (Fsp3) is 0.476. The molecule has 0 aliphatic heterocycles. The van der Waals surface area contributed by atoms with Crippen LogP contribution in [0.2, 0.25) is 0 Å². The predicted octanol–water partition coefficient (Wildman–Crippen LogP) is 3.19. The van der Waals surface area contributed by atoms with Crippen LogP contribution in [0, 0.1) is 5.82 Å². The summed E-state index contributed by atoms with van der Waals surface area (Å²) in [5.41, 5.74) is -0.300. The molecular formula is C21H29FN2O5. The highest BCUT2D eigenvalue weighted by Gasteiger charge is 2.20. The van der Waals surface area contributed by atoms with Crippen LogP contribution in [0.1, 0.15) is 45.6 Å². The summed E-state index contributed by atoms with van der Waals surface area (Å²) in [6.45, 7) is 5.70. The molecule has 0 heterocycles. The second kappa shape index (κ2) is 11.8. The van der Waals surface area contributed by atoms with E-state index < -0.39 is 35.4 Å². The van der Waals surface area contributed by atoms with Gasteiger partial charge in [0, 0.05) is 18.2 Å². The van der Waals surface area contributed by atoms with Crippen LogP contribution < -0.4 is 10.6 Å². The lowest BCUT2D eigenvalue weighted by atomic mass is 10.1. The van der Waals surface area contributed by atoms with Crippen molar-refractivity contribution in [1.29, 1.82) is 0 Å². The summed E-state index contributed by atoms with van der Waals surface area (Å²) in [7, 11) is 1.24. The summed E-state index contributed by atoms with van der Waals surface area (Å²) in [6.07, 6.45) is 3.48. The lowest BCUT2D eigenvalue weighted by Crippen LogP contribution is -2.40. The summed E-state index contributed by atoms with van der Waals surface area (Å²) >= 11 is 0. The first-order chi connectivity index (χ1) is 13.6. The molecule has 7 nitrogen and oxygen atoms in total. The molecule has 0 radical (unpaired) electrons. The number of hydrogen-bond acceptors (Lipinski definition) is 5. The summed E-state index contributed by atoms with van der Waals surface area (Å²) in [5.74, 6) is -1.55. The van der Waals surface area contributed by atoms with Crippen LogP contribution in [0.25, 0.3) is 6.08 Å². The van der Waals surface area contributed by atoms with Gasteiger partial charge in [0.1, 0.15) is 17.5 Å². The van der Waals surface area contributed by atoms with Gasteiger partial charge in [-0.3, -0.25) is 4.79 Å². The fourth-order valence-electron chi connectivity index (χ4n) is 2.36. The van der Waals surface area contributed by atoms with Crippen molar-refractivity contribution in [2.75, 3.05) is 13.7 Å². The van der Waals surface area contributed by atoms with Crippen molar-refractivity contribution in [3.8, 4) is 0 Å². The van der Waals surface area contributed by atoms with Gasteiger partial charge in [0.2, 0.25) is 5.91 Å². The van der Waals surface area contributed by atoms with E-state index in [9.17, 15) is 18.8 Å². The van der Waals surface area contributed by atoms with Crippen LogP contribution in [0.4, 0.5) is 9.18 Å². The Balaban J connectivity index is 2.46. The van der Waals surface area contributed by atoms with Gasteiger partial charge in [-0.15, -0.1) is 0 Å². The quantitative estimate of drug-likeness (QED) is 0.372. The molecule has 1 atom stereocenters. The van der Waals surface area contributed by atoms with E-state index in [1.165, 1.54) is 31.4 Å². The minimum absolute atomic E-state index is 0.269. The molecule has 2 N–H and O–H groups in total. The molecule has 0 aliphatic carbocycles. The zero-order valence-corrected chi connectivity index (χ0v) is 17.3. The number of carbonyl (C=O) groups excluding carboxylic acids is 3. The van der Waals surface area contributed by atoms with Crippen molar-refractivity contribution < 1.29 is 28.2 Å². The Hall–Kier alpha value is -2.90. The zero-order chi connectivity index (χ0) is 21.9. The van der Waals surface area contributed by atoms with E-state index in [4.69, 9.17) is 9.47 Å². The SMILES string of the molecule is COC(=O)[C@H](CCCCNC(=O)OC(C)(C)C)NC(=O)C=Cc1ccccc1F. The molecule has 0 unspecified atom stereocenters. The number of amides is 2. The standard InChI is InChI=1S/C21H29FN2O5/c1-21(2,3)29-20(27)23-14-8-7-11-17(19(26)28-4)24-18(25)13-12-15-9-5-6-10-16(15)22/h5-6,9-10,12-13,17H,7-8,11,14H2,1-4H3,(H,23,27)(H,24,25)/t17-/m0/s1. The predicted molar refractivity (Wildman–Crippen MR) is 107 cm³/mol. The Morgan fingerprint density at radius 2 is 1.86 bits per heavy atom. The molecule has 0 bridgehead atoms. The molecule has 0 fully saturated rings. The Kier molecular flexibility index (Phi) is 9.85. The van der Waals surface area contributed by atoms with Crippen LogP contribution in [0.5, 0.6) is 0 Å². The summed E-state index contributed by atoms with van der Waals surface area (Å²) in [4.78, 5) is 35.5. The molecule has 1 aromatic carbocycles. The van der Waals surface area contributed by atoms with Gasteiger partial charge in [0.05, 0.1) is 7.11 Å². The van der Waals surface area contributed by atoms with E-state index in [-0.39, 0.29) is 5.56 Å². The molecule has 0 saturated carbocycles. The van der Waals surface area contributed by atoms with E-state index in [2.05, 4.69) is 10.6 Å². The largest absolute Gasteiger partial charge is 0.467 e. The number of halogens is 1. The molecule has 29 heavy (non-hydrogen) atoms. The van der Waals surface area contributed by atoms with Crippen molar-refractivity contribution in [3.63, 3.8) is 0 Å². The van der Waals surface area contributed by atoms with Crippen molar-refractivity contribution in [1.82, 2.24) is 10.6 Å². The van der Waals surface area contributed by atoms with E-state index in [0.717, 1.165) is 0 Å². The van der Waals surface area contributed by atoms with Gasteiger partial charge in [-0.05, 0) is 52.2 Å². The molecule has 0 saturated heterocycles. The summed E-state index contributed by atoms with van der Waals surface area (Å²) in [6, 6.07) is 5.20. The van der Waals surface area contributed by atoms with Crippen LogP contribution in [-0.4, -0.2) is 43.3 Å². The number of benzene rings is 1. The number of nitrogens with one attached hydrogen (secondary N) is 2. The third kappa shape index (κ3) is 10.3. The average molecular weight is 408 g/mol. The highest BCUT2D eigenvalue weighted by Crippen LogP contribution is 2.09. The number of methoxy groups -OCH3 is 1. The van der Waals surface area contributed by atoms with Gasteiger partial charge in [-0.1, -0.05) is 18.2 Å². The lowest BCUT2D eigenvalue weighted by Gasteiger charge is -2.19. The minimum Gasteiger partial charge on any atom is -0.467 e. The van der Waals surface area contributed by atoms with E-state index in [1.807, 2.05) is 0 Å². The molecule has 0 aliphatic rings. The Bertz CT molecular complexity index is 728. The normalized spacial score (nSPS) is 12.3. The van der Waals surface area contributed by atoms with Gasteiger partial charge in [-0.25, -0.2) is 14.0 Å². The first-order valence-electron chi connectivity index (χ1n) is 9.40. The molecule has 1 aromatic rings. The summed E-state index contributed by atoms with van der Waals surface area (Å²) < 4.78 is 23.4. The zero-order valence-electron chi connectivity index (χ0n) is 17.3. The maximum Gasteiger partial charge on any atom is 0.407 e. The topological polar surface area (TPSA) is 93.7 Å². The highest BCUT2D eigenvalue weighted by molar-refractivity contribution is 5.94. The van der Waals surface area contributed by atoms with Crippen LogP contribution in [0.3, 0.4) is 0 Å². The molecule has 2 amide bonds. The molecular weight excluding hydrogens is 379 g/mol. The van der Waals surface area contributed by atoms with Crippen molar-refractivity contribution in [3.05, 3.63) is 41.7 Å². The number of hydrogen-bond donors (Lipinski definition) is 2. The maximum atomic E-state index is 13.6. The number of unbranched alkanes of at least 4 members (excludes halogenated alkanes) is 1. The van der Waals surface area contributed by atoms with Gasteiger partial charge in [0.15, 0.2) is 0 Å². The Morgan fingerprint density at radius 3 is 2.48 bits per heavy atom. The van der Waals surface area contributed by atoms with Gasteiger partial charge >= 0.3 is 12.1 Å². The van der Waals surface area contributed by atoms with E-state index in [1.54, 1.807) is 32.9 Å². The number of esters is 1. The average Bonchev–Trinajstić information content (AvgIpc) is 2.64. The number of rotatable bonds is 9. The second-order valence-electron chi connectivity index (χ2n) is 7.36. The van der Waals surface area contributed by atoms with Crippen LogP contribution in [-0.2, 0) is 19.1 Å². The minimum atomic E-state index is -0.834. The smallest absolute Gasteiger partial charge is 0.407 e. The lowest BCUT2D eigenvalue weighted by molar-refractivity contribution is -0.144. The van der Waals surface area contributed by atoms with Gasteiger partial charge in [-0.2, -0.15) is 0 Å². The third-order valence-electron chi connectivity index (χ3n) is 3.71. The number of alkyl carbamates (subject to hydrolysis) is 1. The molecule has 160 valence electrons. The number of carbonyl (C=O) groups is 3. The maximum absolute atomic E-state index is 13.6. The van der Waals surface area contributed by atoms with Crippen molar-refractivity contribution in [2.45, 2.75) is 51.7 Å². The summed E-state index contributed by atoms with van der Waals surface area (Å²) in [5, 5.41) is 5.18. The van der Waals surface area contributed by atoms with Gasteiger partial charge in [0.25, 0.3) is 0 Å². The van der Waals surface area contributed by atoms with Crippen LogP contribution >= 0.6 is 0 Å². The molecule has 0 spiro atoms. The molecule has 1 rings (SSSR count). The Morgan fingerprint density at radius 1 is 1.17 bits per heavy atom. The van der Waals surface area contributed by atoms with E-state index in [0.29, 0.717) is 25.8 Å².